The maximum Gasteiger partial charge on any atom is 0.0843 e. The number of rotatable bonds is 5. The Morgan fingerprint density at radius 1 is 1.47 bits per heavy atom. The van der Waals surface area contributed by atoms with Crippen molar-refractivity contribution < 1.29 is 0 Å². The second-order valence-corrected chi connectivity index (χ2v) is 7.12. The number of halogens is 2. The molecule has 0 saturated carbocycles. The normalized spacial score (nSPS) is 13.5. The second kappa shape index (κ2) is 6.35. The van der Waals surface area contributed by atoms with Gasteiger partial charge in [-0.2, -0.15) is 0 Å². The first-order valence-corrected chi connectivity index (χ1v) is 7.33. The first-order chi connectivity index (χ1) is 7.04. The largest absolute Gasteiger partial charge is 0.329 e. The zero-order chi connectivity index (χ0) is 11.4. The minimum absolute atomic E-state index is 0.264. The number of thiophene rings is 1. The molecule has 1 heterocycles. The lowest BCUT2D eigenvalue weighted by Crippen LogP contribution is -2.30. The molecule has 0 amide bonds. The first kappa shape index (κ1) is 13.6. The molecule has 0 saturated heterocycles. The van der Waals surface area contributed by atoms with Gasteiger partial charge in [0.15, 0.2) is 0 Å². The fraction of sp³-hybridized carbons (Fsp3) is 0.600. The number of hydrogen-bond acceptors (Lipinski definition) is 3. The summed E-state index contributed by atoms with van der Waals surface area (Å²) in [6, 6.07) is 2.39. The molecule has 15 heavy (non-hydrogen) atoms. The molecule has 1 aromatic rings. The summed E-state index contributed by atoms with van der Waals surface area (Å²) in [7, 11) is 0. The zero-order valence-corrected chi connectivity index (χ0v) is 12.9. The molecule has 0 radical (unpaired) electrons. The Hall–Kier alpha value is 0.580. The van der Waals surface area contributed by atoms with Gasteiger partial charge in [-0.25, -0.2) is 0 Å². The van der Waals surface area contributed by atoms with Gasteiger partial charge in [-0.3, -0.25) is 0 Å². The molecule has 0 aliphatic carbocycles. The molecule has 2 nitrogen and oxygen atoms in total. The minimum atomic E-state index is 0.264. The van der Waals surface area contributed by atoms with Gasteiger partial charge in [0.25, 0.3) is 0 Å². The van der Waals surface area contributed by atoms with Gasteiger partial charge in [-0.15, -0.1) is 11.3 Å². The molecule has 0 spiro atoms. The average molecular weight is 356 g/mol. The standard InChI is InChI=1S/C10H16Br2N2S/c1-6(2)5-14-8(4-13)9-3-7(11)10(12)15-9/h3,6,8,14H,4-5,13H2,1-2H3. The maximum absolute atomic E-state index is 5.76. The van der Waals surface area contributed by atoms with E-state index in [1.165, 1.54) is 4.88 Å². The lowest BCUT2D eigenvalue weighted by atomic mass is 10.2. The van der Waals surface area contributed by atoms with Gasteiger partial charge >= 0.3 is 0 Å². The third-order valence-electron chi connectivity index (χ3n) is 2.02. The molecular formula is C10H16Br2N2S. The molecule has 5 heteroatoms. The second-order valence-electron chi connectivity index (χ2n) is 3.86. The van der Waals surface area contributed by atoms with E-state index in [1.54, 1.807) is 11.3 Å². The predicted octanol–water partition coefficient (Wildman–Crippen LogP) is 3.52. The Morgan fingerprint density at radius 3 is 2.53 bits per heavy atom. The predicted molar refractivity (Wildman–Crippen MR) is 74.4 cm³/mol. The van der Waals surface area contributed by atoms with E-state index in [0.717, 1.165) is 14.8 Å². The van der Waals surface area contributed by atoms with Gasteiger partial charge in [-0.05, 0) is 50.4 Å². The smallest absolute Gasteiger partial charge is 0.0843 e. The summed E-state index contributed by atoms with van der Waals surface area (Å²) < 4.78 is 2.23. The highest BCUT2D eigenvalue weighted by atomic mass is 79.9. The first-order valence-electron chi connectivity index (χ1n) is 4.92. The summed E-state index contributed by atoms with van der Waals surface area (Å²) >= 11 is 8.71. The lowest BCUT2D eigenvalue weighted by Gasteiger charge is -2.16. The van der Waals surface area contributed by atoms with Crippen LogP contribution in [0.25, 0.3) is 0 Å². The van der Waals surface area contributed by atoms with Crippen LogP contribution >= 0.6 is 43.2 Å². The summed E-state index contributed by atoms with van der Waals surface area (Å²) in [6.45, 7) is 6.02. The SMILES string of the molecule is CC(C)CNC(CN)c1cc(Br)c(Br)s1. The Bertz CT molecular complexity index is 293. The van der Waals surface area contributed by atoms with Crippen LogP contribution < -0.4 is 11.1 Å². The van der Waals surface area contributed by atoms with E-state index < -0.39 is 0 Å². The van der Waals surface area contributed by atoms with E-state index in [-0.39, 0.29) is 6.04 Å². The van der Waals surface area contributed by atoms with Crippen molar-refractivity contribution in [3.63, 3.8) is 0 Å². The van der Waals surface area contributed by atoms with Crippen LogP contribution in [0.1, 0.15) is 24.8 Å². The van der Waals surface area contributed by atoms with Crippen LogP contribution in [0, 0.1) is 5.92 Å². The summed E-state index contributed by atoms with van der Waals surface area (Å²) in [6.07, 6.45) is 0. The van der Waals surface area contributed by atoms with E-state index in [2.05, 4.69) is 57.1 Å². The van der Waals surface area contributed by atoms with Gasteiger partial charge in [0.05, 0.1) is 9.83 Å². The van der Waals surface area contributed by atoms with Crippen molar-refractivity contribution in [1.29, 1.82) is 0 Å². The highest BCUT2D eigenvalue weighted by Gasteiger charge is 2.14. The third kappa shape index (κ3) is 4.15. The molecule has 0 aliphatic heterocycles. The van der Waals surface area contributed by atoms with E-state index in [4.69, 9.17) is 5.73 Å². The van der Waals surface area contributed by atoms with Crippen LogP contribution in [0.4, 0.5) is 0 Å². The summed E-state index contributed by atoms with van der Waals surface area (Å²) in [5.74, 6) is 0.644. The van der Waals surface area contributed by atoms with Crippen molar-refractivity contribution in [2.45, 2.75) is 19.9 Å². The summed E-state index contributed by atoms with van der Waals surface area (Å²) in [5, 5.41) is 3.47. The fourth-order valence-corrected chi connectivity index (χ4v) is 3.39. The number of nitrogens with two attached hydrogens (primary N) is 1. The Balaban J connectivity index is 2.65. The summed E-state index contributed by atoms with van der Waals surface area (Å²) in [5.41, 5.74) is 5.76. The van der Waals surface area contributed by atoms with Crippen molar-refractivity contribution in [1.82, 2.24) is 5.32 Å². The van der Waals surface area contributed by atoms with Crippen molar-refractivity contribution in [3.05, 3.63) is 19.2 Å². The monoisotopic (exact) mass is 354 g/mol. The fourth-order valence-electron chi connectivity index (χ4n) is 1.21. The van der Waals surface area contributed by atoms with Crippen molar-refractivity contribution in [2.24, 2.45) is 11.7 Å². The van der Waals surface area contributed by atoms with Crippen LogP contribution in [-0.4, -0.2) is 13.1 Å². The molecule has 0 aromatic carbocycles. The molecule has 3 N–H and O–H groups in total. The van der Waals surface area contributed by atoms with Crippen LogP contribution in [-0.2, 0) is 0 Å². The molecule has 1 unspecified atom stereocenters. The zero-order valence-electron chi connectivity index (χ0n) is 8.89. The number of nitrogens with one attached hydrogen (secondary N) is 1. The lowest BCUT2D eigenvalue weighted by molar-refractivity contribution is 0.483. The average Bonchev–Trinajstić information content (AvgIpc) is 2.47. The van der Waals surface area contributed by atoms with Crippen LogP contribution in [0.15, 0.2) is 14.3 Å². The molecule has 1 aromatic heterocycles. The van der Waals surface area contributed by atoms with Gasteiger partial charge < -0.3 is 11.1 Å². The van der Waals surface area contributed by atoms with Gasteiger partial charge in [0, 0.05) is 15.9 Å². The third-order valence-corrected chi connectivity index (χ3v) is 5.39. The van der Waals surface area contributed by atoms with Crippen LogP contribution in [0.5, 0.6) is 0 Å². The maximum atomic E-state index is 5.76. The molecule has 1 rings (SSSR count). The van der Waals surface area contributed by atoms with E-state index >= 15 is 0 Å². The van der Waals surface area contributed by atoms with Gasteiger partial charge in [-0.1, -0.05) is 13.8 Å². The molecule has 86 valence electrons. The molecule has 0 fully saturated rings. The molecule has 0 bridgehead atoms. The van der Waals surface area contributed by atoms with Crippen molar-refractivity contribution >= 4 is 43.2 Å². The minimum Gasteiger partial charge on any atom is -0.329 e. The van der Waals surface area contributed by atoms with Crippen LogP contribution in [0.2, 0.25) is 0 Å². The highest BCUT2D eigenvalue weighted by molar-refractivity contribution is 9.13. The van der Waals surface area contributed by atoms with E-state index in [1.807, 2.05) is 0 Å². The van der Waals surface area contributed by atoms with Crippen molar-refractivity contribution in [3.8, 4) is 0 Å². The number of hydrogen-bond donors (Lipinski definition) is 2. The Kier molecular flexibility index (Phi) is 5.77. The quantitative estimate of drug-likeness (QED) is 0.847. The highest BCUT2D eigenvalue weighted by Crippen LogP contribution is 2.35. The molecule has 0 aliphatic rings. The van der Waals surface area contributed by atoms with Crippen LogP contribution in [0.3, 0.4) is 0 Å². The Labute approximate surface area is 112 Å². The molecule has 1 atom stereocenters. The molecular weight excluding hydrogens is 340 g/mol. The topological polar surface area (TPSA) is 38.0 Å². The van der Waals surface area contributed by atoms with Gasteiger partial charge in [0.1, 0.15) is 0 Å². The Morgan fingerprint density at radius 2 is 2.13 bits per heavy atom. The van der Waals surface area contributed by atoms with E-state index in [0.29, 0.717) is 12.5 Å². The van der Waals surface area contributed by atoms with Crippen molar-refractivity contribution in [2.75, 3.05) is 13.1 Å². The summed E-state index contributed by atoms with van der Waals surface area (Å²) in [4.78, 5) is 1.27. The van der Waals surface area contributed by atoms with Gasteiger partial charge in [0.2, 0.25) is 0 Å². The van der Waals surface area contributed by atoms with E-state index in [9.17, 15) is 0 Å².